The van der Waals surface area contributed by atoms with Gasteiger partial charge in [-0.1, -0.05) is 65.2 Å². The van der Waals surface area contributed by atoms with Crippen LogP contribution in [0.4, 0.5) is 4.79 Å². The third-order valence-electron chi connectivity index (χ3n) is 5.24. The van der Waals surface area contributed by atoms with E-state index in [1.807, 2.05) is 43.3 Å². The first-order valence-corrected chi connectivity index (χ1v) is 11.2. The summed E-state index contributed by atoms with van der Waals surface area (Å²) < 4.78 is 11.3. The molecule has 174 valence electrons. The number of amides is 3. The lowest BCUT2D eigenvalue weighted by molar-refractivity contribution is -0.123. The summed E-state index contributed by atoms with van der Waals surface area (Å²) in [6, 6.07) is 17.8. The Morgan fingerprint density at radius 3 is 2.47 bits per heavy atom. The number of hydrogen-bond donors (Lipinski definition) is 1. The topological polar surface area (TPSA) is 67.9 Å². The first-order chi connectivity index (χ1) is 16.3. The van der Waals surface area contributed by atoms with E-state index < -0.39 is 11.9 Å². The minimum Gasteiger partial charge on any atom is -0.493 e. The molecule has 0 bridgehead atoms. The highest BCUT2D eigenvalue weighted by Crippen LogP contribution is 2.37. The van der Waals surface area contributed by atoms with Crippen molar-refractivity contribution in [3.8, 4) is 11.5 Å². The number of nitrogens with one attached hydrogen (secondary N) is 1. The fourth-order valence-electron chi connectivity index (χ4n) is 3.57. The van der Waals surface area contributed by atoms with Crippen molar-refractivity contribution in [2.75, 3.05) is 7.11 Å². The van der Waals surface area contributed by atoms with Crippen LogP contribution < -0.4 is 14.8 Å². The number of benzene rings is 3. The molecule has 1 fully saturated rings. The molecule has 1 aliphatic rings. The standard InChI is InChI=1S/C26H22Cl2N2O4/c1-16-4-3-5-18(10-16)14-30-25(31)22(29-26(30)32)12-19-11-21(28)24(23(13-19)33-2)34-15-17-6-8-20(27)9-7-17/h3-13H,14-15H2,1-2H3,(H,29,32)/b22-12+. The van der Waals surface area contributed by atoms with Gasteiger partial charge in [0.1, 0.15) is 12.3 Å². The molecule has 34 heavy (non-hydrogen) atoms. The number of methoxy groups -OCH3 is 1. The Morgan fingerprint density at radius 2 is 1.76 bits per heavy atom. The van der Waals surface area contributed by atoms with Crippen molar-refractivity contribution >= 4 is 41.2 Å². The smallest absolute Gasteiger partial charge is 0.329 e. The zero-order valence-electron chi connectivity index (χ0n) is 18.6. The second-order valence-electron chi connectivity index (χ2n) is 7.82. The SMILES string of the molecule is COc1cc(/C=C2/NC(=O)N(Cc3cccc(C)c3)C2=O)cc(Cl)c1OCc1ccc(Cl)cc1. The van der Waals surface area contributed by atoms with Crippen LogP contribution in [0.5, 0.6) is 11.5 Å². The van der Waals surface area contributed by atoms with Crippen molar-refractivity contribution in [3.05, 3.63) is 98.7 Å². The Bertz CT molecular complexity index is 1270. The van der Waals surface area contributed by atoms with E-state index in [1.165, 1.54) is 12.0 Å². The van der Waals surface area contributed by atoms with E-state index >= 15 is 0 Å². The quantitative estimate of drug-likeness (QED) is 0.322. The largest absolute Gasteiger partial charge is 0.493 e. The molecule has 1 N–H and O–H groups in total. The van der Waals surface area contributed by atoms with Crippen LogP contribution in [0.3, 0.4) is 0 Å². The van der Waals surface area contributed by atoms with Crippen molar-refractivity contribution in [2.45, 2.75) is 20.1 Å². The summed E-state index contributed by atoms with van der Waals surface area (Å²) in [7, 11) is 1.50. The van der Waals surface area contributed by atoms with Gasteiger partial charge in [0.2, 0.25) is 0 Å². The number of urea groups is 1. The number of aryl methyl sites for hydroxylation is 1. The van der Waals surface area contributed by atoms with Crippen molar-refractivity contribution < 1.29 is 19.1 Å². The zero-order chi connectivity index (χ0) is 24.2. The first-order valence-electron chi connectivity index (χ1n) is 10.5. The third-order valence-corrected chi connectivity index (χ3v) is 5.78. The van der Waals surface area contributed by atoms with Crippen molar-refractivity contribution in [1.29, 1.82) is 0 Å². The van der Waals surface area contributed by atoms with Crippen LogP contribution in [0.1, 0.15) is 22.3 Å². The van der Waals surface area contributed by atoms with E-state index in [4.69, 9.17) is 32.7 Å². The molecule has 0 aromatic heterocycles. The summed E-state index contributed by atoms with van der Waals surface area (Å²) in [6.07, 6.45) is 1.56. The van der Waals surface area contributed by atoms with E-state index in [9.17, 15) is 9.59 Å². The molecule has 1 saturated heterocycles. The van der Waals surface area contributed by atoms with Gasteiger partial charge in [0.15, 0.2) is 11.5 Å². The van der Waals surface area contributed by atoms with Gasteiger partial charge in [-0.2, -0.15) is 0 Å². The molecule has 8 heteroatoms. The number of ether oxygens (including phenoxy) is 2. The molecule has 3 aromatic rings. The van der Waals surface area contributed by atoms with Gasteiger partial charge < -0.3 is 14.8 Å². The van der Waals surface area contributed by atoms with E-state index in [0.29, 0.717) is 27.1 Å². The highest BCUT2D eigenvalue weighted by molar-refractivity contribution is 6.32. The molecule has 0 radical (unpaired) electrons. The van der Waals surface area contributed by atoms with Crippen molar-refractivity contribution in [3.63, 3.8) is 0 Å². The average molecular weight is 497 g/mol. The maximum absolute atomic E-state index is 12.9. The van der Waals surface area contributed by atoms with Crippen LogP contribution in [0, 0.1) is 6.92 Å². The van der Waals surface area contributed by atoms with Crippen LogP contribution in [0.15, 0.2) is 66.4 Å². The van der Waals surface area contributed by atoms with Crippen LogP contribution in [0.2, 0.25) is 10.0 Å². The molecule has 6 nitrogen and oxygen atoms in total. The number of rotatable bonds is 7. The van der Waals surface area contributed by atoms with Crippen LogP contribution >= 0.6 is 23.2 Å². The Kier molecular flexibility index (Phi) is 7.10. The highest BCUT2D eigenvalue weighted by atomic mass is 35.5. The normalized spacial score (nSPS) is 14.5. The predicted molar refractivity (Wildman–Crippen MR) is 132 cm³/mol. The maximum atomic E-state index is 12.9. The van der Waals surface area contributed by atoms with Crippen LogP contribution in [-0.4, -0.2) is 23.9 Å². The van der Waals surface area contributed by atoms with Crippen LogP contribution in [-0.2, 0) is 17.9 Å². The zero-order valence-corrected chi connectivity index (χ0v) is 20.1. The van der Waals surface area contributed by atoms with Gasteiger partial charge in [0, 0.05) is 5.02 Å². The number of nitrogens with zero attached hydrogens (tertiary/aromatic N) is 1. The van der Waals surface area contributed by atoms with E-state index in [2.05, 4.69) is 5.32 Å². The van der Waals surface area contributed by atoms with Gasteiger partial charge in [-0.3, -0.25) is 9.69 Å². The minimum absolute atomic E-state index is 0.158. The Balaban J connectivity index is 1.53. The second-order valence-corrected chi connectivity index (χ2v) is 8.66. The molecule has 0 aliphatic carbocycles. The number of hydrogen-bond acceptors (Lipinski definition) is 4. The van der Waals surface area contributed by atoms with Gasteiger partial charge in [0.05, 0.1) is 18.7 Å². The number of imide groups is 1. The van der Waals surface area contributed by atoms with Gasteiger partial charge in [-0.25, -0.2) is 4.79 Å². The van der Waals surface area contributed by atoms with Gasteiger partial charge in [0.25, 0.3) is 5.91 Å². The monoisotopic (exact) mass is 496 g/mol. The molecule has 0 spiro atoms. The van der Waals surface area contributed by atoms with Crippen LogP contribution in [0.25, 0.3) is 6.08 Å². The summed E-state index contributed by atoms with van der Waals surface area (Å²) in [4.78, 5) is 26.5. The van der Waals surface area contributed by atoms with Gasteiger partial charge in [-0.05, 0) is 54.0 Å². The molecular formula is C26H22Cl2N2O4. The lowest BCUT2D eigenvalue weighted by Crippen LogP contribution is -2.30. The summed E-state index contributed by atoms with van der Waals surface area (Å²) in [5.74, 6) is 0.371. The Labute approximate surface area is 207 Å². The van der Waals surface area contributed by atoms with Crippen molar-refractivity contribution in [1.82, 2.24) is 10.2 Å². The number of carbonyl (C=O) groups is 2. The highest BCUT2D eigenvalue weighted by Gasteiger charge is 2.33. The summed E-state index contributed by atoms with van der Waals surface area (Å²) in [5.41, 5.74) is 3.59. The second kappa shape index (κ2) is 10.2. The summed E-state index contributed by atoms with van der Waals surface area (Å²) in [5, 5.41) is 3.59. The summed E-state index contributed by atoms with van der Waals surface area (Å²) >= 11 is 12.4. The average Bonchev–Trinajstić information content (AvgIpc) is 3.06. The van der Waals surface area contributed by atoms with E-state index in [-0.39, 0.29) is 18.8 Å². The Morgan fingerprint density at radius 1 is 1.00 bits per heavy atom. The molecular weight excluding hydrogens is 475 g/mol. The fraction of sp³-hybridized carbons (Fsp3) is 0.154. The first kappa shape index (κ1) is 23.7. The van der Waals surface area contributed by atoms with E-state index in [0.717, 1.165) is 16.7 Å². The van der Waals surface area contributed by atoms with Gasteiger partial charge in [-0.15, -0.1) is 0 Å². The lowest BCUT2D eigenvalue weighted by atomic mass is 10.1. The molecule has 1 aliphatic heterocycles. The molecule has 0 saturated carbocycles. The van der Waals surface area contributed by atoms with Gasteiger partial charge >= 0.3 is 6.03 Å². The van der Waals surface area contributed by atoms with E-state index in [1.54, 1.807) is 30.3 Å². The van der Waals surface area contributed by atoms with Crippen molar-refractivity contribution in [2.24, 2.45) is 0 Å². The lowest BCUT2D eigenvalue weighted by Gasteiger charge is -2.14. The fourth-order valence-corrected chi connectivity index (χ4v) is 3.97. The molecule has 3 amide bonds. The molecule has 0 atom stereocenters. The minimum atomic E-state index is -0.473. The molecule has 3 aromatic carbocycles. The maximum Gasteiger partial charge on any atom is 0.329 e. The number of halogens is 2. The molecule has 0 unspecified atom stereocenters. The third kappa shape index (κ3) is 5.35. The number of carbonyl (C=O) groups excluding carboxylic acids is 2. The molecule has 4 rings (SSSR count). The summed E-state index contributed by atoms with van der Waals surface area (Å²) in [6.45, 7) is 2.42. The Hall–Kier alpha value is -3.48. The molecule has 1 heterocycles. The predicted octanol–water partition coefficient (Wildman–Crippen LogP) is 5.98.